The molecule has 1 aliphatic heterocycles. The molecule has 1 amide bonds. The highest BCUT2D eigenvalue weighted by atomic mass is 32.1. The number of hydrogen-bond acceptors (Lipinski definition) is 3. The Morgan fingerprint density at radius 2 is 2.19 bits per heavy atom. The SMILES string of the molecule is Cc1cc(/C=C2/NC(=S)N(C)C2=O)c(C)s1. The van der Waals surface area contributed by atoms with E-state index in [2.05, 4.69) is 18.3 Å². The van der Waals surface area contributed by atoms with Gasteiger partial charge >= 0.3 is 0 Å². The normalized spacial score (nSPS) is 18.4. The maximum Gasteiger partial charge on any atom is 0.276 e. The highest BCUT2D eigenvalue weighted by Gasteiger charge is 2.27. The molecule has 5 heteroatoms. The lowest BCUT2D eigenvalue weighted by molar-refractivity contribution is -0.121. The Morgan fingerprint density at radius 1 is 1.50 bits per heavy atom. The Labute approximate surface area is 104 Å². The number of thiophene rings is 1. The number of likely N-dealkylation sites (N-methyl/N-ethyl adjacent to an activating group) is 1. The number of hydrogen-bond donors (Lipinski definition) is 1. The zero-order valence-electron chi connectivity index (χ0n) is 9.33. The van der Waals surface area contributed by atoms with Crippen LogP contribution in [0.25, 0.3) is 6.08 Å². The number of nitrogens with one attached hydrogen (secondary N) is 1. The van der Waals surface area contributed by atoms with Crippen LogP contribution in [0.5, 0.6) is 0 Å². The van der Waals surface area contributed by atoms with Crippen molar-refractivity contribution in [3.63, 3.8) is 0 Å². The van der Waals surface area contributed by atoms with E-state index in [4.69, 9.17) is 12.2 Å². The molecule has 16 heavy (non-hydrogen) atoms. The summed E-state index contributed by atoms with van der Waals surface area (Å²) in [5.74, 6) is -0.0757. The molecule has 1 fully saturated rings. The monoisotopic (exact) mass is 252 g/mol. The maximum absolute atomic E-state index is 11.7. The van der Waals surface area contributed by atoms with Crippen molar-refractivity contribution in [1.29, 1.82) is 0 Å². The summed E-state index contributed by atoms with van der Waals surface area (Å²) in [4.78, 5) is 15.6. The largest absolute Gasteiger partial charge is 0.328 e. The lowest BCUT2D eigenvalue weighted by atomic mass is 10.2. The fourth-order valence-corrected chi connectivity index (χ4v) is 2.67. The molecule has 0 atom stereocenters. The summed E-state index contributed by atoms with van der Waals surface area (Å²) in [6.45, 7) is 4.10. The van der Waals surface area contributed by atoms with Gasteiger partial charge in [-0.05, 0) is 43.8 Å². The Bertz CT molecular complexity index is 502. The van der Waals surface area contributed by atoms with Gasteiger partial charge in [0.2, 0.25) is 0 Å². The summed E-state index contributed by atoms with van der Waals surface area (Å²) < 4.78 is 0. The van der Waals surface area contributed by atoms with Crippen molar-refractivity contribution < 1.29 is 4.79 Å². The molecule has 1 aromatic heterocycles. The van der Waals surface area contributed by atoms with Crippen molar-refractivity contribution in [3.05, 3.63) is 27.1 Å². The number of aryl methyl sites for hydroxylation is 2. The van der Waals surface area contributed by atoms with Crippen molar-refractivity contribution in [2.75, 3.05) is 7.05 Å². The van der Waals surface area contributed by atoms with Crippen molar-refractivity contribution in [3.8, 4) is 0 Å². The smallest absolute Gasteiger partial charge is 0.276 e. The van der Waals surface area contributed by atoms with Crippen molar-refractivity contribution >= 4 is 40.7 Å². The Hall–Kier alpha value is -1.20. The van der Waals surface area contributed by atoms with Gasteiger partial charge in [0.15, 0.2) is 5.11 Å². The van der Waals surface area contributed by atoms with E-state index in [1.165, 1.54) is 14.7 Å². The summed E-state index contributed by atoms with van der Waals surface area (Å²) in [6, 6.07) is 2.07. The van der Waals surface area contributed by atoms with Gasteiger partial charge in [-0.1, -0.05) is 0 Å². The average molecular weight is 252 g/mol. The van der Waals surface area contributed by atoms with Crippen molar-refractivity contribution in [2.24, 2.45) is 0 Å². The molecule has 2 heterocycles. The van der Waals surface area contributed by atoms with E-state index >= 15 is 0 Å². The lowest BCUT2D eigenvalue weighted by Gasteiger charge is -2.02. The lowest BCUT2D eigenvalue weighted by Crippen LogP contribution is -2.25. The van der Waals surface area contributed by atoms with Gasteiger partial charge in [0, 0.05) is 16.8 Å². The van der Waals surface area contributed by atoms with Crippen LogP contribution >= 0.6 is 23.6 Å². The molecule has 0 spiro atoms. The van der Waals surface area contributed by atoms with Gasteiger partial charge in [0.25, 0.3) is 5.91 Å². The molecule has 1 aliphatic rings. The van der Waals surface area contributed by atoms with Crippen LogP contribution in [0.4, 0.5) is 0 Å². The third kappa shape index (κ3) is 1.88. The van der Waals surface area contributed by atoms with E-state index in [1.807, 2.05) is 13.0 Å². The van der Waals surface area contributed by atoms with Gasteiger partial charge in [-0.2, -0.15) is 0 Å². The number of amides is 1. The van der Waals surface area contributed by atoms with Gasteiger partial charge in [0.05, 0.1) is 0 Å². The van der Waals surface area contributed by atoms with Crippen LogP contribution in [-0.4, -0.2) is 23.0 Å². The molecule has 0 bridgehead atoms. The van der Waals surface area contributed by atoms with E-state index < -0.39 is 0 Å². The molecule has 84 valence electrons. The molecule has 3 nitrogen and oxygen atoms in total. The minimum Gasteiger partial charge on any atom is -0.328 e. The van der Waals surface area contributed by atoms with Gasteiger partial charge in [0.1, 0.15) is 5.70 Å². The minimum atomic E-state index is -0.0757. The Balaban J connectivity index is 2.36. The third-order valence-corrected chi connectivity index (χ3v) is 3.82. The van der Waals surface area contributed by atoms with Gasteiger partial charge in [-0.3, -0.25) is 9.69 Å². The zero-order valence-corrected chi connectivity index (χ0v) is 11.0. The third-order valence-electron chi connectivity index (χ3n) is 2.46. The molecule has 1 aromatic rings. The molecule has 2 rings (SSSR count). The van der Waals surface area contributed by atoms with Crippen LogP contribution in [-0.2, 0) is 4.79 Å². The van der Waals surface area contributed by atoms with Crippen LogP contribution in [0, 0.1) is 13.8 Å². The number of carbonyl (C=O) groups is 1. The van der Waals surface area contributed by atoms with E-state index in [-0.39, 0.29) is 5.91 Å². The van der Waals surface area contributed by atoms with Crippen LogP contribution in [0.2, 0.25) is 0 Å². The highest BCUT2D eigenvalue weighted by Crippen LogP contribution is 2.23. The van der Waals surface area contributed by atoms with E-state index in [9.17, 15) is 4.79 Å². The highest BCUT2D eigenvalue weighted by molar-refractivity contribution is 7.80. The molecule has 0 aromatic carbocycles. The number of nitrogens with zero attached hydrogens (tertiary/aromatic N) is 1. The first-order chi connectivity index (χ1) is 7.49. The van der Waals surface area contributed by atoms with Crippen LogP contribution in [0.3, 0.4) is 0 Å². The zero-order chi connectivity index (χ0) is 11.9. The molecule has 0 aliphatic carbocycles. The molecule has 1 N–H and O–H groups in total. The minimum absolute atomic E-state index is 0.0757. The van der Waals surface area contributed by atoms with Gasteiger partial charge in [-0.25, -0.2) is 0 Å². The summed E-state index contributed by atoms with van der Waals surface area (Å²) in [7, 11) is 1.67. The molecular formula is C11H12N2OS2. The van der Waals surface area contributed by atoms with E-state index in [1.54, 1.807) is 18.4 Å². The average Bonchev–Trinajstić information content (AvgIpc) is 2.64. The molecule has 0 saturated carbocycles. The summed E-state index contributed by atoms with van der Waals surface area (Å²) in [5, 5.41) is 3.37. The van der Waals surface area contributed by atoms with E-state index in [0.29, 0.717) is 10.8 Å². The van der Waals surface area contributed by atoms with Crippen LogP contribution in [0.15, 0.2) is 11.8 Å². The first kappa shape index (κ1) is 11.3. The number of rotatable bonds is 1. The quantitative estimate of drug-likeness (QED) is 0.613. The van der Waals surface area contributed by atoms with Gasteiger partial charge < -0.3 is 5.32 Å². The summed E-state index contributed by atoms with van der Waals surface area (Å²) in [6.07, 6.45) is 1.86. The molecule has 0 radical (unpaired) electrons. The molecule has 1 saturated heterocycles. The predicted molar refractivity (Wildman–Crippen MR) is 70.3 cm³/mol. The second-order valence-electron chi connectivity index (χ2n) is 3.72. The fraction of sp³-hybridized carbons (Fsp3) is 0.273. The standard InChI is InChI=1S/C11H12N2OS2/c1-6-4-8(7(2)16-6)5-9-10(14)13(3)11(15)12-9/h4-5H,1-3H3,(H,12,15)/b9-5+. The summed E-state index contributed by atoms with van der Waals surface area (Å²) >= 11 is 6.73. The maximum atomic E-state index is 11.7. The van der Waals surface area contributed by atoms with Gasteiger partial charge in [-0.15, -0.1) is 11.3 Å². The topological polar surface area (TPSA) is 32.3 Å². The first-order valence-corrected chi connectivity index (χ1v) is 6.09. The Morgan fingerprint density at radius 3 is 2.62 bits per heavy atom. The second-order valence-corrected chi connectivity index (χ2v) is 5.57. The number of thiocarbonyl (C=S) groups is 1. The van der Waals surface area contributed by atoms with Crippen LogP contribution < -0.4 is 5.32 Å². The second kappa shape index (κ2) is 3.99. The van der Waals surface area contributed by atoms with Crippen LogP contribution in [0.1, 0.15) is 15.3 Å². The van der Waals surface area contributed by atoms with Crippen molar-refractivity contribution in [1.82, 2.24) is 10.2 Å². The Kier molecular flexibility index (Phi) is 2.82. The fourth-order valence-electron chi connectivity index (χ4n) is 1.57. The first-order valence-electron chi connectivity index (χ1n) is 4.87. The molecular weight excluding hydrogens is 240 g/mol. The van der Waals surface area contributed by atoms with Crippen molar-refractivity contribution in [2.45, 2.75) is 13.8 Å². The predicted octanol–water partition coefficient (Wildman–Crippen LogP) is 2.05. The summed E-state index contributed by atoms with van der Waals surface area (Å²) in [5.41, 5.74) is 1.63. The van der Waals surface area contributed by atoms with E-state index in [0.717, 1.165) is 5.56 Å². The number of carbonyl (C=O) groups excluding carboxylic acids is 1. The molecule has 0 unspecified atom stereocenters.